The molecule has 0 radical (unpaired) electrons. The van der Waals surface area contributed by atoms with Gasteiger partial charge in [-0.05, 0) is 31.0 Å². The summed E-state index contributed by atoms with van der Waals surface area (Å²) in [7, 11) is 0. The number of ether oxygens (including phenoxy) is 1. The van der Waals surface area contributed by atoms with Crippen molar-refractivity contribution in [2.24, 2.45) is 0 Å². The summed E-state index contributed by atoms with van der Waals surface area (Å²) in [6.07, 6.45) is -3.37. The summed E-state index contributed by atoms with van der Waals surface area (Å²) in [5.41, 5.74) is -0.168. The second kappa shape index (κ2) is 6.66. The van der Waals surface area contributed by atoms with Crippen LogP contribution in [-0.2, 0) is 6.42 Å². The molecule has 1 amide bonds. The van der Waals surface area contributed by atoms with Gasteiger partial charge in [0.2, 0.25) is 0 Å². The molecule has 1 heterocycles. The Kier molecular flexibility index (Phi) is 4.54. The predicted octanol–water partition coefficient (Wildman–Crippen LogP) is 3.04. The quantitative estimate of drug-likeness (QED) is 0.874. The van der Waals surface area contributed by atoms with Crippen LogP contribution in [0.3, 0.4) is 0 Å². The van der Waals surface area contributed by atoms with Gasteiger partial charge in [-0.1, -0.05) is 6.07 Å². The van der Waals surface area contributed by atoms with Crippen LogP contribution >= 0.6 is 0 Å². The number of aromatic amines is 1. The Bertz CT molecular complexity index is 934. The maximum absolute atomic E-state index is 12.3. The molecular weight excluding hydrogens is 353 g/mol. The van der Waals surface area contributed by atoms with Crippen molar-refractivity contribution in [3.8, 4) is 5.75 Å². The van der Waals surface area contributed by atoms with Crippen molar-refractivity contribution in [1.82, 2.24) is 4.98 Å². The fraction of sp³-hybridized carbons (Fsp3) is 0.235. The number of aromatic nitrogens is 1. The number of hydrogen-bond acceptors (Lipinski definition) is 4. The van der Waals surface area contributed by atoms with Crippen molar-refractivity contribution in [3.63, 3.8) is 0 Å². The zero-order valence-corrected chi connectivity index (χ0v) is 13.3. The molecule has 9 heteroatoms. The van der Waals surface area contributed by atoms with Gasteiger partial charge in [0.05, 0.1) is 0 Å². The number of pyridine rings is 1. The van der Waals surface area contributed by atoms with Crippen molar-refractivity contribution in [2.45, 2.75) is 25.6 Å². The smallest absolute Gasteiger partial charge is 0.406 e. The third-order valence-electron chi connectivity index (χ3n) is 3.82. The molecule has 0 unspecified atom stereocenters. The van der Waals surface area contributed by atoms with E-state index in [1.807, 2.05) is 0 Å². The maximum atomic E-state index is 12.3. The van der Waals surface area contributed by atoms with Crippen LogP contribution in [0.4, 0.5) is 18.9 Å². The molecule has 0 atom stereocenters. The van der Waals surface area contributed by atoms with Gasteiger partial charge in [-0.2, -0.15) is 0 Å². The number of carbonyl (C=O) groups is 2. The molecule has 136 valence electrons. The molecule has 6 nitrogen and oxygen atoms in total. The molecule has 1 aromatic heterocycles. The van der Waals surface area contributed by atoms with Crippen LogP contribution < -0.4 is 15.6 Å². The lowest BCUT2D eigenvalue weighted by Gasteiger charge is -2.15. The van der Waals surface area contributed by atoms with E-state index in [0.717, 1.165) is 12.1 Å². The van der Waals surface area contributed by atoms with Crippen molar-refractivity contribution in [1.29, 1.82) is 0 Å². The minimum atomic E-state index is -4.86. The second-order valence-electron chi connectivity index (χ2n) is 5.71. The Morgan fingerprint density at radius 3 is 2.65 bits per heavy atom. The van der Waals surface area contributed by atoms with E-state index in [4.69, 9.17) is 0 Å². The highest BCUT2D eigenvalue weighted by atomic mass is 19.4. The number of H-pyrrole nitrogens is 1. The van der Waals surface area contributed by atoms with Crippen LogP contribution in [0.5, 0.6) is 5.75 Å². The first-order chi connectivity index (χ1) is 12.2. The van der Waals surface area contributed by atoms with Gasteiger partial charge in [0.15, 0.2) is 5.78 Å². The van der Waals surface area contributed by atoms with Gasteiger partial charge in [-0.15, -0.1) is 13.2 Å². The largest absolute Gasteiger partial charge is 0.573 e. The zero-order valence-electron chi connectivity index (χ0n) is 13.3. The van der Waals surface area contributed by atoms with Crippen LogP contribution in [-0.4, -0.2) is 23.0 Å². The highest BCUT2D eigenvalue weighted by Crippen LogP contribution is 2.25. The Balaban J connectivity index is 1.85. The number of carbonyl (C=O) groups excluding carboxylic acids is 2. The number of rotatable bonds is 3. The second-order valence-corrected chi connectivity index (χ2v) is 5.71. The van der Waals surface area contributed by atoms with E-state index in [1.54, 1.807) is 0 Å². The van der Waals surface area contributed by atoms with E-state index in [0.29, 0.717) is 25.0 Å². The monoisotopic (exact) mass is 366 g/mol. The van der Waals surface area contributed by atoms with Gasteiger partial charge in [-0.3, -0.25) is 14.4 Å². The van der Waals surface area contributed by atoms with E-state index in [-0.39, 0.29) is 22.6 Å². The number of ketones is 1. The van der Waals surface area contributed by atoms with Gasteiger partial charge in [0.25, 0.3) is 11.5 Å². The lowest BCUT2D eigenvalue weighted by Crippen LogP contribution is -2.27. The molecule has 2 aromatic rings. The van der Waals surface area contributed by atoms with Crippen molar-refractivity contribution >= 4 is 17.4 Å². The minimum absolute atomic E-state index is 0.0141. The summed E-state index contributed by atoms with van der Waals surface area (Å²) < 4.78 is 40.6. The standard InChI is InChI=1S/C17H13F3N2O4/c18-17(19,20)26-10-4-1-3-9(7-10)21-15(24)12-8-11-13(22-16(12)25)5-2-6-14(11)23/h1,3-4,7-8H,2,5-6H2,(H,21,24)(H,22,25). The number of amides is 1. The van der Waals surface area contributed by atoms with E-state index in [1.165, 1.54) is 18.2 Å². The molecule has 0 bridgehead atoms. The number of anilines is 1. The molecule has 2 N–H and O–H groups in total. The number of aryl methyl sites for hydroxylation is 1. The predicted molar refractivity (Wildman–Crippen MR) is 85.4 cm³/mol. The molecule has 1 aliphatic rings. The van der Waals surface area contributed by atoms with Gasteiger partial charge >= 0.3 is 6.36 Å². The molecule has 0 fully saturated rings. The fourth-order valence-electron chi connectivity index (χ4n) is 2.71. The van der Waals surface area contributed by atoms with Crippen LogP contribution in [0.15, 0.2) is 35.1 Å². The van der Waals surface area contributed by atoms with Crippen LogP contribution in [0.25, 0.3) is 0 Å². The third-order valence-corrected chi connectivity index (χ3v) is 3.82. The average Bonchev–Trinajstić information content (AvgIpc) is 2.53. The van der Waals surface area contributed by atoms with Crippen molar-refractivity contribution in [3.05, 3.63) is 57.5 Å². The van der Waals surface area contributed by atoms with Crippen LogP contribution in [0.2, 0.25) is 0 Å². The highest BCUT2D eigenvalue weighted by molar-refractivity contribution is 6.06. The normalized spacial score (nSPS) is 13.9. The van der Waals surface area contributed by atoms with Gasteiger partial charge in [0.1, 0.15) is 11.3 Å². The molecular formula is C17H13F3N2O4. The molecule has 0 aliphatic heterocycles. The highest BCUT2D eigenvalue weighted by Gasteiger charge is 2.31. The number of Topliss-reactive ketones (excluding diaryl/α,β-unsaturated/α-hetero) is 1. The summed E-state index contributed by atoms with van der Waals surface area (Å²) in [6, 6.07) is 5.88. The van der Waals surface area contributed by atoms with Gasteiger partial charge < -0.3 is 15.0 Å². The van der Waals surface area contributed by atoms with Crippen molar-refractivity contribution < 1.29 is 27.5 Å². The number of halogens is 3. The van der Waals surface area contributed by atoms with E-state index in [2.05, 4.69) is 15.0 Å². The Labute approximate surface area is 145 Å². The molecule has 1 aliphatic carbocycles. The average molecular weight is 366 g/mol. The van der Waals surface area contributed by atoms with Crippen molar-refractivity contribution in [2.75, 3.05) is 5.32 Å². The third kappa shape index (κ3) is 3.93. The lowest BCUT2D eigenvalue weighted by atomic mass is 9.93. The molecule has 3 rings (SSSR count). The summed E-state index contributed by atoms with van der Waals surface area (Å²) in [5.74, 6) is -1.52. The number of fused-ring (bicyclic) bond motifs is 1. The Morgan fingerprint density at radius 1 is 1.15 bits per heavy atom. The number of alkyl halides is 3. The summed E-state index contributed by atoms with van der Waals surface area (Å²) in [5, 5.41) is 2.33. The molecule has 26 heavy (non-hydrogen) atoms. The summed E-state index contributed by atoms with van der Waals surface area (Å²) in [4.78, 5) is 38.9. The van der Waals surface area contributed by atoms with Gasteiger partial charge in [-0.25, -0.2) is 0 Å². The molecule has 1 aromatic carbocycles. The van der Waals surface area contributed by atoms with Crippen LogP contribution in [0, 0.1) is 0 Å². The molecule has 0 spiro atoms. The maximum Gasteiger partial charge on any atom is 0.573 e. The number of nitrogens with one attached hydrogen (secondary N) is 2. The van der Waals surface area contributed by atoms with E-state index in [9.17, 15) is 27.6 Å². The van der Waals surface area contributed by atoms with E-state index < -0.39 is 23.6 Å². The summed E-state index contributed by atoms with van der Waals surface area (Å²) >= 11 is 0. The lowest BCUT2D eigenvalue weighted by molar-refractivity contribution is -0.274. The van der Waals surface area contributed by atoms with Crippen LogP contribution in [0.1, 0.15) is 39.3 Å². The number of benzene rings is 1. The zero-order chi connectivity index (χ0) is 18.9. The SMILES string of the molecule is O=C1CCCc2[nH]c(=O)c(C(=O)Nc3cccc(OC(F)(F)F)c3)cc21. The minimum Gasteiger partial charge on any atom is -0.406 e. The first kappa shape index (κ1) is 17.7. The first-order valence-corrected chi connectivity index (χ1v) is 7.69. The first-order valence-electron chi connectivity index (χ1n) is 7.69. The molecule has 0 saturated carbocycles. The summed E-state index contributed by atoms with van der Waals surface area (Å²) in [6.45, 7) is 0. The molecule has 0 saturated heterocycles. The van der Waals surface area contributed by atoms with E-state index >= 15 is 0 Å². The number of hydrogen-bond donors (Lipinski definition) is 2. The Hall–Kier alpha value is -3.10. The topological polar surface area (TPSA) is 88.3 Å². The van der Waals surface area contributed by atoms with Gasteiger partial charge in [0, 0.05) is 29.4 Å². The fourth-order valence-corrected chi connectivity index (χ4v) is 2.71. The Morgan fingerprint density at radius 2 is 1.92 bits per heavy atom.